The first-order valence-electron chi connectivity index (χ1n) is 9.86. The van der Waals surface area contributed by atoms with Gasteiger partial charge in [0.15, 0.2) is 0 Å². The molecule has 4 rings (SSSR count). The molecule has 0 saturated carbocycles. The minimum Gasteiger partial charge on any atom is -0.485 e. The summed E-state index contributed by atoms with van der Waals surface area (Å²) in [5.74, 6) is 0.292. The maximum Gasteiger partial charge on any atom is 0.240 e. The van der Waals surface area contributed by atoms with Crippen LogP contribution in [0.2, 0.25) is 0 Å². The highest BCUT2D eigenvalue weighted by Crippen LogP contribution is 2.42. The molecule has 2 aromatic rings. The summed E-state index contributed by atoms with van der Waals surface area (Å²) in [6.45, 7) is 9.25. The topological polar surface area (TPSA) is 98.4 Å². The van der Waals surface area contributed by atoms with Crippen LogP contribution in [0.5, 0.6) is 5.75 Å². The van der Waals surface area contributed by atoms with Gasteiger partial charge < -0.3 is 15.4 Å². The van der Waals surface area contributed by atoms with Gasteiger partial charge in [-0.05, 0) is 18.4 Å². The first-order chi connectivity index (χ1) is 13.6. The molecule has 29 heavy (non-hydrogen) atoms. The Labute approximate surface area is 174 Å². The van der Waals surface area contributed by atoms with Crippen LogP contribution in [0.4, 0.5) is 0 Å². The van der Waals surface area contributed by atoms with Gasteiger partial charge in [-0.2, -0.15) is 0 Å². The molecule has 0 radical (unpaired) electrons. The monoisotopic (exact) mass is 414 g/mol. The number of amides is 2. The van der Waals surface area contributed by atoms with Gasteiger partial charge in [-0.1, -0.05) is 27.7 Å². The van der Waals surface area contributed by atoms with Crippen LogP contribution < -0.4 is 10.5 Å². The maximum atomic E-state index is 12.9. The van der Waals surface area contributed by atoms with Gasteiger partial charge in [0.2, 0.25) is 11.8 Å². The summed E-state index contributed by atoms with van der Waals surface area (Å²) in [4.78, 5) is 36.5. The summed E-state index contributed by atoms with van der Waals surface area (Å²) < 4.78 is 5.82. The Morgan fingerprint density at radius 2 is 2.14 bits per heavy atom. The number of primary amides is 1. The lowest BCUT2D eigenvalue weighted by Gasteiger charge is -2.23. The summed E-state index contributed by atoms with van der Waals surface area (Å²) in [6.07, 6.45) is 2.73. The van der Waals surface area contributed by atoms with Crippen molar-refractivity contribution in [3.05, 3.63) is 28.7 Å². The molecule has 0 aliphatic carbocycles. The van der Waals surface area contributed by atoms with E-state index in [-0.39, 0.29) is 23.7 Å². The summed E-state index contributed by atoms with van der Waals surface area (Å²) in [5.41, 5.74) is 8.25. The van der Waals surface area contributed by atoms with Crippen LogP contribution in [0.1, 0.15) is 50.5 Å². The minimum absolute atomic E-state index is 0.0770. The Bertz CT molecular complexity index is 979. The van der Waals surface area contributed by atoms with Gasteiger partial charge in [-0.15, -0.1) is 11.3 Å². The number of thiazole rings is 1. The van der Waals surface area contributed by atoms with Crippen molar-refractivity contribution in [2.75, 3.05) is 6.54 Å². The van der Waals surface area contributed by atoms with E-state index >= 15 is 0 Å². The third-order valence-corrected chi connectivity index (χ3v) is 6.73. The summed E-state index contributed by atoms with van der Waals surface area (Å²) in [5, 5.41) is 0.730. The molecule has 7 nitrogen and oxygen atoms in total. The summed E-state index contributed by atoms with van der Waals surface area (Å²) >= 11 is 1.51. The van der Waals surface area contributed by atoms with E-state index < -0.39 is 11.9 Å². The quantitative estimate of drug-likeness (QED) is 0.833. The molecule has 2 aliphatic rings. The predicted octanol–water partition coefficient (Wildman–Crippen LogP) is 2.66. The molecule has 4 heterocycles. The molecule has 0 aromatic carbocycles. The predicted molar refractivity (Wildman–Crippen MR) is 111 cm³/mol. The number of pyridine rings is 1. The lowest BCUT2D eigenvalue weighted by molar-refractivity contribution is -0.137. The zero-order valence-electron chi connectivity index (χ0n) is 17.2. The fourth-order valence-electron chi connectivity index (χ4n) is 3.97. The molecule has 1 fully saturated rings. The Kier molecular flexibility index (Phi) is 4.85. The number of fused-ring (bicyclic) bond motifs is 3. The van der Waals surface area contributed by atoms with E-state index in [1.807, 2.05) is 6.92 Å². The van der Waals surface area contributed by atoms with E-state index in [2.05, 4.69) is 36.8 Å². The van der Waals surface area contributed by atoms with Crippen molar-refractivity contribution in [3.63, 3.8) is 0 Å². The molecule has 0 bridgehead atoms. The maximum absolute atomic E-state index is 12.9. The molecular weight excluding hydrogens is 388 g/mol. The summed E-state index contributed by atoms with van der Waals surface area (Å²) in [7, 11) is 0. The van der Waals surface area contributed by atoms with Gasteiger partial charge in [-0.25, -0.2) is 4.98 Å². The van der Waals surface area contributed by atoms with Crippen LogP contribution in [0.15, 0.2) is 12.3 Å². The molecular formula is C21H26N4O3S. The molecule has 1 saturated heterocycles. The Morgan fingerprint density at radius 3 is 2.83 bits per heavy atom. The van der Waals surface area contributed by atoms with Crippen molar-refractivity contribution in [2.45, 2.75) is 58.6 Å². The van der Waals surface area contributed by atoms with Crippen LogP contribution in [0.25, 0.3) is 10.4 Å². The van der Waals surface area contributed by atoms with Gasteiger partial charge in [0.05, 0.1) is 23.2 Å². The largest absolute Gasteiger partial charge is 0.485 e. The molecule has 0 spiro atoms. The van der Waals surface area contributed by atoms with Crippen LogP contribution in [-0.4, -0.2) is 39.3 Å². The second-order valence-corrected chi connectivity index (χ2v) is 9.95. The van der Waals surface area contributed by atoms with Crippen molar-refractivity contribution in [2.24, 2.45) is 11.7 Å². The fraction of sp³-hybridized carbons (Fsp3) is 0.524. The van der Waals surface area contributed by atoms with Crippen LogP contribution >= 0.6 is 11.3 Å². The number of ether oxygens (including phenoxy) is 1. The van der Waals surface area contributed by atoms with E-state index in [1.165, 1.54) is 11.3 Å². The Morgan fingerprint density at radius 1 is 1.38 bits per heavy atom. The molecule has 2 aromatic heterocycles. The number of nitrogens with two attached hydrogens (primary N) is 1. The number of likely N-dealkylation sites (tertiary alicyclic amines) is 1. The highest BCUT2D eigenvalue weighted by atomic mass is 32.1. The third kappa shape index (κ3) is 3.61. The standard InChI is InChI=1S/C21H26N4O3S/c1-11-5-6-25(18(11)20(22)27)17(26)8-16-24-13-10-28-14-9-23-15(21(2,3)4)7-12(14)19(13)29-16/h7,9,11,18H,5-6,8,10H2,1-4H3,(H2,22,27)/t11-,18+/m1/s1. The molecule has 2 atom stereocenters. The zero-order valence-corrected chi connectivity index (χ0v) is 18.0. The summed E-state index contributed by atoms with van der Waals surface area (Å²) in [6, 6.07) is 1.53. The Balaban J connectivity index is 1.60. The van der Waals surface area contributed by atoms with Crippen molar-refractivity contribution >= 4 is 23.2 Å². The second kappa shape index (κ2) is 7.09. The van der Waals surface area contributed by atoms with Crippen LogP contribution in [0, 0.1) is 5.92 Å². The molecule has 8 heteroatoms. The van der Waals surface area contributed by atoms with Crippen molar-refractivity contribution < 1.29 is 14.3 Å². The minimum atomic E-state index is -0.526. The van der Waals surface area contributed by atoms with Crippen molar-refractivity contribution in [1.82, 2.24) is 14.9 Å². The van der Waals surface area contributed by atoms with Crippen LogP contribution in [-0.2, 0) is 28.0 Å². The first kappa shape index (κ1) is 19.8. The highest BCUT2D eigenvalue weighted by Gasteiger charge is 2.38. The fourth-order valence-corrected chi connectivity index (χ4v) is 5.05. The lowest BCUT2D eigenvalue weighted by atomic mass is 9.90. The number of hydrogen-bond acceptors (Lipinski definition) is 6. The SMILES string of the molecule is C[C@@H]1CCN(C(=O)Cc2nc3c(s2)-c2cc(C(C)(C)C)ncc2OC3)[C@@H]1C(N)=O. The van der Waals surface area contributed by atoms with E-state index in [0.29, 0.717) is 13.2 Å². The molecule has 154 valence electrons. The number of carbonyl (C=O) groups is 2. The highest BCUT2D eigenvalue weighted by molar-refractivity contribution is 7.15. The van der Waals surface area contributed by atoms with Gasteiger partial charge in [0.1, 0.15) is 23.4 Å². The number of carbonyl (C=O) groups excluding carboxylic acids is 2. The van der Waals surface area contributed by atoms with Crippen LogP contribution in [0.3, 0.4) is 0 Å². The van der Waals surface area contributed by atoms with E-state index in [1.54, 1.807) is 11.1 Å². The van der Waals surface area contributed by atoms with Gasteiger partial charge in [-0.3, -0.25) is 14.6 Å². The number of hydrogen-bond donors (Lipinski definition) is 1. The molecule has 2 aliphatic heterocycles. The Hall–Kier alpha value is -2.48. The van der Waals surface area contributed by atoms with Gasteiger partial charge in [0, 0.05) is 23.2 Å². The number of nitrogens with zero attached hydrogens (tertiary/aromatic N) is 3. The zero-order chi connectivity index (χ0) is 20.9. The lowest BCUT2D eigenvalue weighted by Crippen LogP contribution is -2.46. The average Bonchev–Trinajstić information content (AvgIpc) is 3.23. The van der Waals surface area contributed by atoms with E-state index in [4.69, 9.17) is 10.5 Å². The smallest absolute Gasteiger partial charge is 0.240 e. The molecule has 2 N–H and O–H groups in total. The van der Waals surface area contributed by atoms with Crippen molar-refractivity contribution in [1.29, 1.82) is 0 Å². The van der Waals surface area contributed by atoms with Gasteiger partial charge in [0.25, 0.3) is 0 Å². The first-order valence-corrected chi connectivity index (χ1v) is 10.7. The third-order valence-electron chi connectivity index (χ3n) is 5.60. The second-order valence-electron chi connectivity index (χ2n) is 8.86. The average molecular weight is 415 g/mol. The molecule has 2 amide bonds. The van der Waals surface area contributed by atoms with Gasteiger partial charge >= 0.3 is 0 Å². The van der Waals surface area contributed by atoms with E-state index in [0.717, 1.165) is 39.0 Å². The number of aromatic nitrogens is 2. The van der Waals surface area contributed by atoms with E-state index in [9.17, 15) is 9.59 Å². The number of rotatable bonds is 3. The normalized spacial score (nSPS) is 20.8. The van der Waals surface area contributed by atoms with Crippen molar-refractivity contribution in [3.8, 4) is 16.2 Å². The molecule has 0 unspecified atom stereocenters.